The molecule has 1 aromatic rings. The summed E-state index contributed by atoms with van der Waals surface area (Å²) in [6, 6.07) is 0.389. The summed E-state index contributed by atoms with van der Waals surface area (Å²) in [5.74, 6) is 0.387. The molecule has 0 saturated heterocycles. The maximum absolute atomic E-state index is 11.7. The van der Waals surface area contributed by atoms with E-state index in [4.69, 9.17) is 10.5 Å². The summed E-state index contributed by atoms with van der Waals surface area (Å²) in [5.41, 5.74) is 5.76. The van der Waals surface area contributed by atoms with Crippen molar-refractivity contribution in [1.82, 2.24) is 9.97 Å². The number of nitrogens with one attached hydrogen (secondary N) is 2. The molecule has 8 heteroatoms. The third-order valence-corrected chi connectivity index (χ3v) is 5.14. The Kier molecular flexibility index (Phi) is 5.70. The van der Waals surface area contributed by atoms with Crippen LogP contribution in [0.25, 0.3) is 0 Å². The molecule has 2 aliphatic carbocycles. The van der Waals surface area contributed by atoms with Gasteiger partial charge in [-0.05, 0) is 44.9 Å². The molecule has 138 valence electrons. The zero-order chi connectivity index (χ0) is 17.8. The molecule has 0 unspecified atom stereocenters. The highest BCUT2D eigenvalue weighted by Crippen LogP contribution is 2.26. The van der Waals surface area contributed by atoms with E-state index in [1.165, 1.54) is 6.20 Å². The average molecular weight is 349 g/mol. The van der Waals surface area contributed by atoms with Gasteiger partial charge >= 0.3 is 0 Å². The molecule has 2 fully saturated rings. The third-order valence-electron chi connectivity index (χ3n) is 5.14. The Morgan fingerprint density at radius 1 is 1.20 bits per heavy atom. The summed E-state index contributed by atoms with van der Waals surface area (Å²) in [6.07, 6.45) is 7.73. The van der Waals surface area contributed by atoms with E-state index in [1.54, 1.807) is 7.11 Å². The number of ether oxygens (including phenoxy) is 1. The molecule has 1 aromatic heterocycles. The molecule has 1 amide bonds. The molecule has 0 radical (unpaired) electrons. The zero-order valence-corrected chi connectivity index (χ0v) is 14.6. The van der Waals surface area contributed by atoms with Crippen LogP contribution in [0, 0.1) is 0 Å². The predicted molar refractivity (Wildman–Crippen MR) is 94.5 cm³/mol. The number of hydrogen-bond donors (Lipinski definition) is 4. The van der Waals surface area contributed by atoms with Crippen molar-refractivity contribution in [2.24, 2.45) is 5.73 Å². The van der Waals surface area contributed by atoms with Gasteiger partial charge < -0.3 is 26.2 Å². The first-order chi connectivity index (χ1) is 12.0. The lowest BCUT2D eigenvalue weighted by Gasteiger charge is -2.29. The van der Waals surface area contributed by atoms with E-state index < -0.39 is 5.91 Å². The summed E-state index contributed by atoms with van der Waals surface area (Å²) in [4.78, 5) is 20.4. The zero-order valence-electron chi connectivity index (χ0n) is 14.6. The van der Waals surface area contributed by atoms with Gasteiger partial charge in [0.2, 0.25) is 5.95 Å². The van der Waals surface area contributed by atoms with Crippen molar-refractivity contribution in [3.8, 4) is 0 Å². The van der Waals surface area contributed by atoms with Crippen LogP contribution in [0.1, 0.15) is 55.3 Å². The second kappa shape index (κ2) is 7.97. The van der Waals surface area contributed by atoms with Crippen LogP contribution in [0.5, 0.6) is 0 Å². The normalized spacial score (nSPS) is 29.4. The Balaban J connectivity index is 1.69. The molecule has 2 atom stereocenters. The molecule has 8 nitrogen and oxygen atoms in total. The number of nitrogens with zero attached hydrogens (tertiary/aromatic N) is 2. The molecule has 0 aromatic carbocycles. The van der Waals surface area contributed by atoms with Gasteiger partial charge in [-0.1, -0.05) is 0 Å². The number of carbonyl (C=O) groups excluding carboxylic acids is 1. The average Bonchev–Trinajstić information content (AvgIpc) is 3.00. The van der Waals surface area contributed by atoms with Crippen LogP contribution in [-0.2, 0) is 4.74 Å². The molecule has 25 heavy (non-hydrogen) atoms. The highest BCUT2D eigenvalue weighted by atomic mass is 16.5. The number of aromatic nitrogens is 2. The lowest BCUT2D eigenvalue weighted by molar-refractivity contribution is 0.0681. The molecule has 3 rings (SSSR count). The van der Waals surface area contributed by atoms with Crippen LogP contribution in [-0.4, -0.2) is 52.4 Å². The summed E-state index contributed by atoms with van der Waals surface area (Å²) in [6.45, 7) is 0. The van der Waals surface area contributed by atoms with Crippen LogP contribution in [0.2, 0.25) is 0 Å². The molecule has 5 N–H and O–H groups in total. The first-order valence-corrected chi connectivity index (χ1v) is 8.96. The van der Waals surface area contributed by atoms with E-state index in [1.807, 2.05) is 0 Å². The van der Waals surface area contributed by atoms with Crippen molar-refractivity contribution in [3.05, 3.63) is 11.8 Å². The Morgan fingerprint density at radius 2 is 1.92 bits per heavy atom. The van der Waals surface area contributed by atoms with Crippen molar-refractivity contribution in [2.75, 3.05) is 17.7 Å². The van der Waals surface area contributed by atoms with Gasteiger partial charge in [-0.3, -0.25) is 4.79 Å². The van der Waals surface area contributed by atoms with Gasteiger partial charge in [0, 0.05) is 25.4 Å². The number of aliphatic hydroxyl groups excluding tert-OH is 1. The van der Waals surface area contributed by atoms with E-state index in [9.17, 15) is 9.90 Å². The summed E-state index contributed by atoms with van der Waals surface area (Å²) in [7, 11) is 1.74. The van der Waals surface area contributed by atoms with E-state index in [-0.39, 0.29) is 18.2 Å². The number of aliphatic hydroxyl groups is 1. The standard InChI is InChI=1S/C17H27N5O3/c1-25-13-6-3-10(4-7-13)20-16-14(15(18)24)9-19-17(22-16)21-11-2-5-12(23)8-11/h9-13,23H,2-8H2,1H3,(H2,18,24)(H2,19,20,21,22)/t10-,11-,12-,13-/m0/s1. The number of nitrogens with two attached hydrogens (primary N) is 1. The molecule has 2 saturated carbocycles. The Bertz CT molecular complexity index is 604. The van der Waals surface area contributed by atoms with E-state index >= 15 is 0 Å². The van der Waals surface area contributed by atoms with Crippen molar-refractivity contribution >= 4 is 17.7 Å². The van der Waals surface area contributed by atoms with Gasteiger partial charge in [0.05, 0.1) is 17.8 Å². The second-order valence-electron chi connectivity index (χ2n) is 6.98. The third kappa shape index (κ3) is 4.58. The number of anilines is 2. The summed E-state index contributed by atoms with van der Waals surface area (Å²) >= 11 is 0. The maximum atomic E-state index is 11.7. The van der Waals surface area contributed by atoms with Crippen LogP contribution >= 0.6 is 0 Å². The van der Waals surface area contributed by atoms with Crippen molar-refractivity contribution < 1.29 is 14.6 Å². The molecule has 0 aliphatic heterocycles. The lowest BCUT2D eigenvalue weighted by atomic mass is 9.93. The monoisotopic (exact) mass is 349 g/mol. The Hall–Kier alpha value is -1.93. The molecule has 2 aliphatic rings. The first kappa shape index (κ1) is 17.9. The SMILES string of the molecule is CO[C@H]1CC[C@H](Nc2nc(N[C@H]3CC[C@H](O)C3)ncc2C(N)=O)CC1. The number of primary amides is 1. The lowest BCUT2D eigenvalue weighted by Crippen LogP contribution is -2.31. The summed E-state index contributed by atoms with van der Waals surface area (Å²) < 4.78 is 5.40. The number of rotatable bonds is 6. The topological polar surface area (TPSA) is 122 Å². The predicted octanol–water partition coefficient (Wildman–Crippen LogP) is 1.27. The highest BCUT2D eigenvalue weighted by molar-refractivity contribution is 5.97. The first-order valence-electron chi connectivity index (χ1n) is 8.96. The second-order valence-corrected chi connectivity index (χ2v) is 6.98. The number of amides is 1. The Morgan fingerprint density at radius 3 is 2.52 bits per heavy atom. The fraction of sp³-hybridized carbons (Fsp3) is 0.706. The molecular weight excluding hydrogens is 322 g/mol. The minimum absolute atomic E-state index is 0.152. The van der Waals surface area contributed by atoms with Gasteiger partial charge in [0.25, 0.3) is 5.91 Å². The van der Waals surface area contributed by atoms with Gasteiger partial charge in [-0.25, -0.2) is 4.98 Å². The van der Waals surface area contributed by atoms with Gasteiger partial charge in [0.15, 0.2) is 0 Å². The van der Waals surface area contributed by atoms with Crippen molar-refractivity contribution in [3.63, 3.8) is 0 Å². The van der Waals surface area contributed by atoms with Crippen molar-refractivity contribution in [2.45, 2.75) is 69.2 Å². The van der Waals surface area contributed by atoms with Crippen LogP contribution in [0.3, 0.4) is 0 Å². The quantitative estimate of drug-likeness (QED) is 0.610. The van der Waals surface area contributed by atoms with E-state index in [0.29, 0.717) is 29.9 Å². The van der Waals surface area contributed by atoms with Gasteiger partial charge in [-0.2, -0.15) is 4.98 Å². The minimum atomic E-state index is -0.545. The minimum Gasteiger partial charge on any atom is -0.393 e. The number of carbonyl (C=O) groups is 1. The molecule has 1 heterocycles. The van der Waals surface area contributed by atoms with Crippen LogP contribution in [0.15, 0.2) is 6.20 Å². The maximum Gasteiger partial charge on any atom is 0.254 e. The molecule has 0 spiro atoms. The Labute approximate surface area is 147 Å². The number of methoxy groups -OCH3 is 1. The van der Waals surface area contributed by atoms with Crippen LogP contribution in [0.4, 0.5) is 11.8 Å². The van der Waals surface area contributed by atoms with Crippen LogP contribution < -0.4 is 16.4 Å². The summed E-state index contributed by atoms with van der Waals surface area (Å²) in [5, 5.41) is 16.2. The fourth-order valence-corrected chi connectivity index (χ4v) is 3.65. The van der Waals surface area contributed by atoms with Gasteiger partial charge in [0.1, 0.15) is 5.82 Å². The molecular formula is C17H27N5O3. The molecule has 0 bridgehead atoms. The van der Waals surface area contributed by atoms with E-state index in [2.05, 4.69) is 20.6 Å². The number of hydrogen-bond acceptors (Lipinski definition) is 7. The van der Waals surface area contributed by atoms with Gasteiger partial charge in [-0.15, -0.1) is 0 Å². The smallest absolute Gasteiger partial charge is 0.254 e. The fourth-order valence-electron chi connectivity index (χ4n) is 3.65. The van der Waals surface area contributed by atoms with E-state index in [0.717, 1.165) is 38.5 Å². The largest absolute Gasteiger partial charge is 0.393 e. The van der Waals surface area contributed by atoms with Crippen molar-refractivity contribution in [1.29, 1.82) is 0 Å². The highest BCUT2D eigenvalue weighted by Gasteiger charge is 2.25.